The molecule has 0 N–H and O–H groups in total. The maximum Gasteiger partial charge on any atom is 0.306 e. The van der Waals surface area contributed by atoms with Gasteiger partial charge in [0.1, 0.15) is 19.8 Å². The van der Waals surface area contributed by atoms with Crippen LogP contribution in [0.4, 0.5) is 0 Å². The zero-order chi connectivity index (χ0) is 74.0. The van der Waals surface area contributed by atoms with Crippen LogP contribution in [0.15, 0.2) is 109 Å². The van der Waals surface area contributed by atoms with Crippen LogP contribution in [-0.4, -0.2) is 70.0 Å². The Kier molecular flexibility index (Phi) is 79.1. The third-order valence-corrected chi connectivity index (χ3v) is 20.2. The molecule has 0 radical (unpaired) electrons. The second kappa shape index (κ2) is 81.7. The van der Waals surface area contributed by atoms with Gasteiger partial charge < -0.3 is 27.9 Å². The molecule has 10 heteroatoms. The van der Waals surface area contributed by atoms with E-state index in [2.05, 4.69) is 123 Å². The summed E-state index contributed by atoms with van der Waals surface area (Å²) in [5, 5.41) is 0. The van der Waals surface area contributed by atoms with Gasteiger partial charge in [0, 0.05) is 12.8 Å². The monoisotopic (exact) mass is 1440 g/mol. The number of phosphoric acid groups is 1. The Morgan fingerprint density at radius 2 is 0.559 bits per heavy atom. The lowest BCUT2D eigenvalue weighted by Crippen LogP contribution is -2.37. The lowest BCUT2D eigenvalue weighted by atomic mass is 10.0. The fourth-order valence-electron chi connectivity index (χ4n) is 12.7. The minimum atomic E-state index is -4.65. The highest BCUT2D eigenvalue weighted by Gasteiger charge is 2.22. The van der Waals surface area contributed by atoms with E-state index in [9.17, 15) is 19.0 Å². The average molecular weight is 1450 g/mol. The number of phosphoric ester groups is 1. The second-order valence-electron chi connectivity index (χ2n) is 30.5. The third-order valence-electron chi connectivity index (χ3n) is 19.3. The summed E-state index contributed by atoms with van der Waals surface area (Å²) in [7, 11) is 1.18. The highest BCUT2D eigenvalue weighted by Crippen LogP contribution is 2.38. The van der Waals surface area contributed by atoms with E-state index >= 15 is 0 Å². The molecule has 0 spiro atoms. The molecule has 2 atom stereocenters. The number of unbranched alkanes of at least 4 members (excludes halogenated alkanes) is 49. The molecule has 2 unspecified atom stereocenters. The molecule has 0 heterocycles. The van der Waals surface area contributed by atoms with Crippen LogP contribution >= 0.6 is 7.82 Å². The molecular weight excluding hydrogens is 1280 g/mol. The van der Waals surface area contributed by atoms with Crippen molar-refractivity contribution in [1.82, 2.24) is 0 Å². The maximum atomic E-state index is 12.9. The van der Waals surface area contributed by atoms with Gasteiger partial charge in [0.05, 0.1) is 27.7 Å². The molecular formula is C92H166NO8P. The van der Waals surface area contributed by atoms with Gasteiger partial charge in [-0.1, -0.05) is 406 Å². The molecule has 9 nitrogen and oxygen atoms in total. The molecule has 0 saturated heterocycles. The van der Waals surface area contributed by atoms with E-state index in [4.69, 9.17) is 18.5 Å². The number of rotatable bonds is 81. The molecule has 0 aliphatic heterocycles. The summed E-state index contributed by atoms with van der Waals surface area (Å²) in [4.78, 5) is 38.3. The van der Waals surface area contributed by atoms with Crippen LogP contribution in [0.3, 0.4) is 0 Å². The van der Waals surface area contributed by atoms with Crippen LogP contribution in [0.25, 0.3) is 0 Å². The van der Waals surface area contributed by atoms with Crippen LogP contribution < -0.4 is 4.89 Å². The third kappa shape index (κ3) is 85.6. The Bertz CT molecular complexity index is 2100. The van der Waals surface area contributed by atoms with E-state index in [-0.39, 0.29) is 32.0 Å². The molecule has 0 amide bonds. The van der Waals surface area contributed by atoms with E-state index in [1.54, 1.807) is 0 Å². The average Bonchev–Trinajstić information content (AvgIpc) is 0.914. The van der Waals surface area contributed by atoms with Crippen molar-refractivity contribution in [3.05, 3.63) is 109 Å². The SMILES string of the molecule is CC/C=C\C/C=C\C/C=C\C/C=C\C/C=C\C/C=C\CCCCCCCCCCCCCCCCCCCCCCC(=O)OC(COC(=O)CCCCCCCCCCCCCCCCCCCCCCCCCC/C=C\C/C=C\C/C=C\CCCCCCC)COP(=O)([O-])OCC[N+](C)(C)C. The van der Waals surface area contributed by atoms with Crippen molar-refractivity contribution in [2.45, 2.75) is 418 Å². The molecule has 0 aliphatic carbocycles. The van der Waals surface area contributed by atoms with Crippen molar-refractivity contribution in [1.29, 1.82) is 0 Å². The van der Waals surface area contributed by atoms with Gasteiger partial charge in [0.15, 0.2) is 6.10 Å². The first-order valence-corrected chi connectivity index (χ1v) is 45.1. The molecule has 0 fully saturated rings. The minimum Gasteiger partial charge on any atom is -0.756 e. The quantitative estimate of drug-likeness (QED) is 0.0195. The van der Waals surface area contributed by atoms with Gasteiger partial charge in [-0.3, -0.25) is 14.2 Å². The van der Waals surface area contributed by atoms with E-state index in [0.29, 0.717) is 17.4 Å². The van der Waals surface area contributed by atoms with Gasteiger partial charge in [-0.2, -0.15) is 0 Å². The standard InChI is InChI=1S/C92H166NO8P/c1-6-8-10-12-14-16-18-20-22-24-26-28-30-32-34-36-38-40-42-44-46-48-50-52-54-56-58-60-62-64-66-68-70-72-74-76-78-80-82-84-91(94)98-88-90(89-100-102(96,97)99-87-86-93(3,4)5)101-92(95)85-83-81-79-77-75-73-71-69-67-65-63-61-59-57-55-53-51-49-47-45-43-41-39-37-35-33-31-29-27-25-23-21-19-17-15-13-11-9-7-2/h9,11,15,17-18,20-21,23-24,26-27,29-30,32-33,35,39,41,90H,6-8,10,12-14,16,19,22,25,28,31,34,36-38,40,42-89H2,1-5H3/b11-9-,17-15-,20-18-,23-21-,26-24-,29-27-,32-30-,35-33-,41-39-. The van der Waals surface area contributed by atoms with Crippen LogP contribution in [-0.2, 0) is 32.7 Å². The molecule has 102 heavy (non-hydrogen) atoms. The highest BCUT2D eigenvalue weighted by molar-refractivity contribution is 7.45. The first kappa shape index (κ1) is 98.7. The summed E-state index contributed by atoms with van der Waals surface area (Å²) in [6.07, 6.45) is 117. The number of hydrogen-bond donors (Lipinski definition) is 0. The van der Waals surface area contributed by atoms with Gasteiger partial charge in [-0.05, 0) is 103 Å². The smallest absolute Gasteiger partial charge is 0.306 e. The predicted molar refractivity (Wildman–Crippen MR) is 443 cm³/mol. The van der Waals surface area contributed by atoms with Gasteiger partial charge in [-0.15, -0.1) is 0 Å². The number of esters is 2. The van der Waals surface area contributed by atoms with Crippen molar-refractivity contribution in [3.8, 4) is 0 Å². The summed E-state index contributed by atoms with van der Waals surface area (Å²) in [5.41, 5.74) is 0. The summed E-state index contributed by atoms with van der Waals surface area (Å²) < 4.78 is 34.5. The number of quaternary nitrogens is 1. The molecule has 0 aliphatic rings. The fourth-order valence-corrected chi connectivity index (χ4v) is 13.4. The number of nitrogens with zero attached hydrogens (tertiary/aromatic N) is 1. The Morgan fingerprint density at radius 1 is 0.314 bits per heavy atom. The molecule has 0 bridgehead atoms. The Morgan fingerprint density at radius 3 is 0.833 bits per heavy atom. The predicted octanol–water partition coefficient (Wildman–Crippen LogP) is 28.9. The molecule has 0 saturated carbocycles. The number of hydrogen-bond acceptors (Lipinski definition) is 8. The largest absolute Gasteiger partial charge is 0.756 e. The normalized spacial score (nSPS) is 13.5. The zero-order valence-corrected chi connectivity index (χ0v) is 68.7. The van der Waals surface area contributed by atoms with Crippen molar-refractivity contribution < 1.29 is 42.1 Å². The molecule has 592 valence electrons. The number of carbonyl (C=O) groups is 2. The fraction of sp³-hybridized carbons (Fsp3) is 0.783. The molecule has 0 aromatic rings. The van der Waals surface area contributed by atoms with Crippen LogP contribution in [0.2, 0.25) is 0 Å². The Hall–Kier alpha value is -3.33. The lowest BCUT2D eigenvalue weighted by molar-refractivity contribution is -0.870. The van der Waals surface area contributed by atoms with Crippen molar-refractivity contribution >= 4 is 19.8 Å². The first-order valence-electron chi connectivity index (χ1n) is 43.6. The first-order chi connectivity index (χ1) is 50.0. The molecule has 0 aromatic carbocycles. The van der Waals surface area contributed by atoms with Crippen LogP contribution in [0, 0.1) is 0 Å². The van der Waals surface area contributed by atoms with E-state index in [0.717, 1.165) is 89.9 Å². The lowest BCUT2D eigenvalue weighted by Gasteiger charge is -2.28. The zero-order valence-electron chi connectivity index (χ0n) is 67.8. The van der Waals surface area contributed by atoms with Crippen LogP contribution in [0.5, 0.6) is 0 Å². The maximum absolute atomic E-state index is 12.9. The summed E-state index contributed by atoms with van der Waals surface area (Å²) in [6, 6.07) is 0. The van der Waals surface area contributed by atoms with Gasteiger partial charge in [0.25, 0.3) is 7.82 Å². The number of carbonyl (C=O) groups excluding carboxylic acids is 2. The number of likely N-dealkylation sites (N-methyl/N-ethyl adjacent to an activating group) is 1. The minimum absolute atomic E-state index is 0.0306. The molecule has 0 rings (SSSR count). The second-order valence-corrected chi connectivity index (χ2v) is 31.9. The summed E-state index contributed by atoms with van der Waals surface area (Å²) >= 11 is 0. The van der Waals surface area contributed by atoms with Crippen molar-refractivity contribution in [3.63, 3.8) is 0 Å². The number of allylic oxidation sites excluding steroid dienone is 18. The highest BCUT2D eigenvalue weighted by atomic mass is 31.2. The van der Waals surface area contributed by atoms with Crippen LogP contribution in [0.1, 0.15) is 412 Å². The van der Waals surface area contributed by atoms with Gasteiger partial charge >= 0.3 is 11.9 Å². The Labute approximate surface area is 633 Å². The van der Waals surface area contributed by atoms with Crippen molar-refractivity contribution in [2.75, 3.05) is 47.5 Å². The van der Waals surface area contributed by atoms with Gasteiger partial charge in [-0.25, -0.2) is 0 Å². The van der Waals surface area contributed by atoms with E-state index in [1.807, 2.05) is 21.1 Å². The van der Waals surface area contributed by atoms with E-state index < -0.39 is 26.5 Å². The van der Waals surface area contributed by atoms with E-state index in [1.165, 1.54) is 289 Å². The summed E-state index contributed by atoms with van der Waals surface area (Å²) in [6.45, 7) is 4.17. The number of ether oxygens (including phenoxy) is 2. The van der Waals surface area contributed by atoms with Crippen molar-refractivity contribution in [2.24, 2.45) is 0 Å². The summed E-state index contributed by atoms with van der Waals surface area (Å²) in [5.74, 6) is -0.814. The molecule has 0 aromatic heterocycles. The topological polar surface area (TPSA) is 111 Å². The van der Waals surface area contributed by atoms with Gasteiger partial charge in [0.2, 0.25) is 0 Å². The Balaban J connectivity index is 3.89.